The minimum absolute atomic E-state index is 0.0674. The average Bonchev–Trinajstić information content (AvgIpc) is 2.14. The van der Waals surface area contributed by atoms with E-state index in [2.05, 4.69) is 36.4 Å². The van der Waals surface area contributed by atoms with Crippen molar-refractivity contribution in [1.29, 1.82) is 0 Å². The summed E-state index contributed by atoms with van der Waals surface area (Å²) in [6.07, 6.45) is 0. The number of nitrogens with one attached hydrogen (secondary N) is 1. The first-order valence-corrected chi connectivity index (χ1v) is 8.78. The fourth-order valence-corrected chi connectivity index (χ4v) is 1.66. The molecule has 0 radical (unpaired) electrons. The molecule has 0 atom stereocenters. The van der Waals surface area contributed by atoms with Crippen molar-refractivity contribution in [3.8, 4) is 11.5 Å². The first-order valence-electron chi connectivity index (χ1n) is 5.28. The van der Waals surface area contributed by atoms with E-state index in [1.54, 1.807) is 0 Å². The highest BCUT2D eigenvalue weighted by Crippen LogP contribution is 2.13. The van der Waals surface area contributed by atoms with Gasteiger partial charge in [-0.2, -0.15) is 0 Å². The fraction of sp³-hybridized carbons (Fsp3) is 0.308. The molecule has 1 rings (SSSR count). The summed E-state index contributed by atoms with van der Waals surface area (Å²) in [5, 5.41) is 2.78. The highest BCUT2D eigenvalue weighted by Gasteiger charge is 2.08. The molecule has 3 heteroatoms. The highest BCUT2D eigenvalue weighted by molar-refractivity contribution is 6.83. The summed E-state index contributed by atoms with van der Waals surface area (Å²) in [6.45, 7) is 8.09. The van der Waals surface area contributed by atoms with E-state index >= 15 is 0 Å². The molecule has 0 aliphatic rings. The minimum Gasteiger partial charge on any atom is -0.325 e. The van der Waals surface area contributed by atoms with Crippen LogP contribution in [0.2, 0.25) is 19.6 Å². The van der Waals surface area contributed by atoms with Crippen LogP contribution in [0, 0.1) is 11.5 Å². The van der Waals surface area contributed by atoms with Gasteiger partial charge in [-0.05, 0) is 12.1 Å². The second-order valence-corrected chi connectivity index (χ2v) is 9.48. The van der Waals surface area contributed by atoms with Crippen molar-refractivity contribution in [1.82, 2.24) is 0 Å². The molecule has 0 fully saturated rings. The van der Waals surface area contributed by atoms with Crippen LogP contribution >= 0.6 is 0 Å². The Kier molecular flexibility index (Phi) is 3.91. The third-order valence-electron chi connectivity index (χ3n) is 1.81. The zero-order chi connectivity index (χ0) is 12.2. The molecular formula is C13H17NOSi. The van der Waals surface area contributed by atoms with Crippen molar-refractivity contribution in [2.45, 2.75) is 26.6 Å². The van der Waals surface area contributed by atoms with Gasteiger partial charge in [0.2, 0.25) is 5.91 Å². The van der Waals surface area contributed by atoms with Crippen LogP contribution in [-0.2, 0) is 4.79 Å². The van der Waals surface area contributed by atoms with Crippen LogP contribution in [0.3, 0.4) is 0 Å². The Morgan fingerprint density at radius 3 is 2.44 bits per heavy atom. The van der Waals surface area contributed by atoms with Crippen molar-refractivity contribution >= 4 is 19.7 Å². The number of carbonyl (C=O) groups is 1. The fourth-order valence-electron chi connectivity index (χ4n) is 1.15. The molecule has 1 amide bonds. The Hall–Kier alpha value is -1.53. The first kappa shape index (κ1) is 12.5. The van der Waals surface area contributed by atoms with Gasteiger partial charge in [0.05, 0.1) is 5.69 Å². The number of benzene rings is 1. The van der Waals surface area contributed by atoms with Gasteiger partial charge in [-0.3, -0.25) is 4.79 Å². The molecule has 0 unspecified atom stereocenters. The summed E-state index contributed by atoms with van der Waals surface area (Å²) >= 11 is 0. The molecule has 0 bridgehead atoms. The Bertz CT molecular complexity index is 449. The number of anilines is 1. The SMILES string of the molecule is CC(=O)Nc1ccccc1C#C[Si](C)(C)C. The van der Waals surface area contributed by atoms with Crippen LogP contribution in [0.15, 0.2) is 24.3 Å². The Balaban J connectivity index is 3.03. The molecule has 1 aromatic rings. The summed E-state index contributed by atoms with van der Waals surface area (Å²) < 4.78 is 0. The summed E-state index contributed by atoms with van der Waals surface area (Å²) in [4.78, 5) is 11.0. The highest BCUT2D eigenvalue weighted by atomic mass is 28.3. The predicted molar refractivity (Wildman–Crippen MR) is 71.0 cm³/mol. The van der Waals surface area contributed by atoms with E-state index in [0.29, 0.717) is 0 Å². The van der Waals surface area contributed by atoms with Crippen LogP contribution in [0.25, 0.3) is 0 Å². The Morgan fingerprint density at radius 1 is 1.25 bits per heavy atom. The van der Waals surface area contributed by atoms with E-state index in [4.69, 9.17) is 0 Å². The number of amides is 1. The normalized spacial score (nSPS) is 10.2. The van der Waals surface area contributed by atoms with Crippen molar-refractivity contribution < 1.29 is 4.79 Å². The van der Waals surface area contributed by atoms with Gasteiger partial charge in [-0.1, -0.05) is 37.7 Å². The first-order chi connectivity index (χ1) is 7.38. The van der Waals surface area contributed by atoms with Crippen molar-refractivity contribution in [2.24, 2.45) is 0 Å². The third-order valence-corrected chi connectivity index (χ3v) is 2.68. The third kappa shape index (κ3) is 4.33. The van der Waals surface area contributed by atoms with Gasteiger partial charge >= 0.3 is 0 Å². The second-order valence-electron chi connectivity index (χ2n) is 4.73. The number of carbonyl (C=O) groups excluding carboxylic acids is 1. The molecule has 1 aromatic carbocycles. The van der Waals surface area contributed by atoms with Crippen LogP contribution in [-0.4, -0.2) is 14.0 Å². The number of rotatable bonds is 1. The van der Waals surface area contributed by atoms with Gasteiger partial charge in [0.15, 0.2) is 0 Å². The lowest BCUT2D eigenvalue weighted by Gasteiger charge is -2.06. The summed E-state index contributed by atoms with van der Waals surface area (Å²) in [5.41, 5.74) is 4.97. The minimum atomic E-state index is -1.38. The number of hydrogen-bond donors (Lipinski definition) is 1. The molecule has 2 nitrogen and oxygen atoms in total. The van der Waals surface area contributed by atoms with Crippen molar-refractivity contribution in [3.05, 3.63) is 29.8 Å². The molecule has 0 aliphatic heterocycles. The lowest BCUT2D eigenvalue weighted by molar-refractivity contribution is -0.114. The molecule has 0 heterocycles. The van der Waals surface area contributed by atoms with Gasteiger partial charge < -0.3 is 5.32 Å². The average molecular weight is 231 g/mol. The summed E-state index contributed by atoms with van der Waals surface area (Å²) in [6, 6.07) is 7.62. The molecule has 0 saturated heterocycles. The van der Waals surface area contributed by atoms with Crippen LogP contribution in [0.4, 0.5) is 5.69 Å². The van der Waals surface area contributed by atoms with E-state index in [1.165, 1.54) is 6.92 Å². The van der Waals surface area contributed by atoms with E-state index in [-0.39, 0.29) is 5.91 Å². The molecule has 0 spiro atoms. The quantitative estimate of drug-likeness (QED) is 0.584. The lowest BCUT2D eigenvalue weighted by atomic mass is 10.2. The molecule has 84 valence electrons. The lowest BCUT2D eigenvalue weighted by Crippen LogP contribution is -2.16. The monoisotopic (exact) mass is 231 g/mol. The van der Waals surface area contributed by atoms with E-state index in [0.717, 1.165) is 11.3 Å². The molecular weight excluding hydrogens is 214 g/mol. The van der Waals surface area contributed by atoms with Gasteiger partial charge in [0.1, 0.15) is 8.07 Å². The Labute approximate surface area is 98.1 Å². The molecule has 16 heavy (non-hydrogen) atoms. The topological polar surface area (TPSA) is 29.1 Å². The van der Waals surface area contributed by atoms with E-state index in [9.17, 15) is 4.79 Å². The van der Waals surface area contributed by atoms with Crippen LogP contribution in [0.5, 0.6) is 0 Å². The maximum atomic E-state index is 11.0. The molecule has 1 N–H and O–H groups in total. The molecule has 0 saturated carbocycles. The van der Waals surface area contributed by atoms with E-state index < -0.39 is 8.07 Å². The van der Waals surface area contributed by atoms with E-state index in [1.807, 2.05) is 24.3 Å². The molecule has 0 aliphatic carbocycles. The van der Waals surface area contributed by atoms with Gasteiger partial charge in [-0.25, -0.2) is 0 Å². The zero-order valence-corrected chi connectivity index (χ0v) is 11.2. The van der Waals surface area contributed by atoms with Gasteiger partial charge in [0.25, 0.3) is 0 Å². The predicted octanol–water partition coefficient (Wildman–Crippen LogP) is 2.87. The largest absolute Gasteiger partial charge is 0.325 e. The second kappa shape index (κ2) is 5.00. The number of para-hydroxylation sites is 1. The standard InChI is InChI=1S/C13H17NOSi/c1-11(15)14-13-8-6-5-7-12(13)9-10-16(2,3)4/h5-8H,1-4H3,(H,14,15). The van der Waals surface area contributed by atoms with Crippen molar-refractivity contribution in [2.75, 3.05) is 5.32 Å². The van der Waals surface area contributed by atoms with Gasteiger partial charge in [-0.15, -0.1) is 5.54 Å². The smallest absolute Gasteiger partial charge is 0.221 e. The summed E-state index contributed by atoms with van der Waals surface area (Å²) in [7, 11) is -1.38. The molecule has 0 aromatic heterocycles. The Morgan fingerprint density at radius 2 is 1.88 bits per heavy atom. The zero-order valence-electron chi connectivity index (χ0n) is 10.2. The summed E-state index contributed by atoms with van der Waals surface area (Å²) in [5.74, 6) is 3.09. The maximum Gasteiger partial charge on any atom is 0.221 e. The number of hydrogen-bond acceptors (Lipinski definition) is 1. The van der Waals surface area contributed by atoms with Crippen LogP contribution < -0.4 is 5.32 Å². The van der Waals surface area contributed by atoms with Gasteiger partial charge in [0, 0.05) is 12.5 Å². The van der Waals surface area contributed by atoms with Crippen molar-refractivity contribution in [3.63, 3.8) is 0 Å². The maximum absolute atomic E-state index is 11.0. The van der Waals surface area contributed by atoms with Crippen LogP contribution in [0.1, 0.15) is 12.5 Å².